The number of nitrogens with one attached hydrogen (secondary N) is 1. The number of piperazine rings is 1. The second-order valence-corrected chi connectivity index (χ2v) is 5.66. The smallest absolute Gasteiger partial charge is 0.125 e. The summed E-state index contributed by atoms with van der Waals surface area (Å²) >= 11 is 0. The van der Waals surface area contributed by atoms with Crippen LogP contribution in [0.25, 0.3) is 0 Å². The molecule has 114 valence electrons. The minimum Gasteiger partial charge on any atom is -0.492 e. The molecule has 0 spiro atoms. The fourth-order valence-corrected chi connectivity index (χ4v) is 2.89. The highest BCUT2D eigenvalue weighted by Crippen LogP contribution is 2.22. The van der Waals surface area contributed by atoms with Crippen molar-refractivity contribution >= 4 is 12.4 Å². The predicted octanol–water partition coefficient (Wildman–Crippen LogP) is 2.79. The van der Waals surface area contributed by atoms with Crippen molar-refractivity contribution in [2.24, 2.45) is 0 Å². The summed E-state index contributed by atoms with van der Waals surface area (Å²) in [6.45, 7) is 12.7. The molecule has 1 aromatic rings. The fraction of sp³-hybridized carbons (Fsp3) is 0.625. The SMILES string of the molecule is Cc1cccc(C)c1OCCN1[C@H](C)CNC[C@@H]1C.Cl. The Morgan fingerprint density at radius 2 is 1.70 bits per heavy atom. The molecule has 1 aliphatic rings. The van der Waals surface area contributed by atoms with Crippen LogP contribution in [0.2, 0.25) is 0 Å². The first-order chi connectivity index (χ1) is 9.09. The van der Waals surface area contributed by atoms with Crippen LogP contribution in [0.3, 0.4) is 0 Å². The zero-order valence-electron chi connectivity index (χ0n) is 13.0. The summed E-state index contributed by atoms with van der Waals surface area (Å²) in [6.07, 6.45) is 0. The largest absolute Gasteiger partial charge is 0.492 e. The molecule has 20 heavy (non-hydrogen) atoms. The van der Waals surface area contributed by atoms with Gasteiger partial charge < -0.3 is 10.1 Å². The Morgan fingerprint density at radius 3 is 2.25 bits per heavy atom. The lowest BCUT2D eigenvalue weighted by Crippen LogP contribution is -2.55. The van der Waals surface area contributed by atoms with Crippen molar-refractivity contribution < 1.29 is 4.74 Å². The number of rotatable bonds is 4. The third-order valence-corrected chi connectivity index (χ3v) is 4.02. The van der Waals surface area contributed by atoms with Crippen LogP contribution in [0.5, 0.6) is 5.75 Å². The minimum absolute atomic E-state index is 0. The van der Waals surface area contributed by atoms with Gasteiger partial charge in [-0.05, 0) is 38.8 Å². The standard InChI is InChI=1S/C16H26N2O.ClH/c1-12-6-5-7-13(2)16(12)19-9-8-18-14(3)10-17-11-15(18)4;/h5-7,14-15,17H,8-11H2,1-4H3;1H/t14-,15+;. The van der Waals surface area contributed by atoms with Gasteiger partial charge in [-0.1, -0.05) is 18.2 Å². The van der Waals surface area contributed by atoms with Crippen LogP contribution in [0.15, 0.2) is 18.2 Å². The van der Waals surface area contributed by atoms with E-state index in [0.29, 0.717) is 12.1 Å². The van der Waals surface area contributed by atoms with Crippen LogP contribution in [0.1, 0.15) is 25.0 Å². The van der Waals surface area contributed by atoms with Crippen LogP contribution >= 0.6 is 12.4 Å². The topological polar surface area (TPSA) is 24.5 Å². The molecule has 0 amide bonds. The molecule has 2 rings (SSSR count). The Labute approximate surface area is 129 Å². The highest BCUT2D eigenvalue weighted by atomic mass is 35.5. The van der Waals surface area contributed by atoms with Crippen LogP contribution in [-0.2, 0) is 0 Å². The molecule has 0 unspecified atom stereocenters. The zero-order valence-corrected chi connectivity index (χ0v) is 13.8. The molecule has 4 heteroatoms. The van der Waals surface area contributed by atoms with Gasteiger partial charge in [0.15, 0.2) is 0 Å². The summed E-state index contributed by atoms with van der Waals surface area (Å²) < 4.78 is 6.00. The lowest BCUT2D eigenvalue weighted by atomic mass is 10.1. The van der Waals surface area contributed by atoms with Crippen molar-refractivity contribution in [3.05, 3.63) is 29.3 Å². The van der Waals surface area contributed by atoms with E-state index in [4.69, 9.17) is 4.74 Å². The molecule has 1 fully saturated rings. The molecule has 0 aromatic heterocycles. The Hall–Kier alpha value is -0.770. The second kappa shape index (κ2) is 7.87. The van der Waals surface area contributed by atoms with Gasteiger partial charge in [0, 0.05) is 31.7 Å². The predicted molar refractivity (Wildman–Crippen MR) is 87.2 cm³/mol. The van der Waals surface area contributed by atoms with Crippen molar-refractivity contribution in [3.63, 3.8) is 0 Å². The molecule has 0 radical (unpaired) electrons. The molecule has 1 heterocycles. The fourth-order valence-electron chi connectivity index (χ4n) is 2.89. The number of hydrogen-bond donors (Lipinski definition) is 1. The van der Waals surface area contributed by atoms with Gasteiger partial charge in [-0.25, -0.2) is 0 Å². The van der Waals surface area contributed by atoms with Gasteiger partial charge >= 0.3 is 0 Å². The van der Waals surface area contributed by atoms with Gasteiger partial charge in [0.05, 0.1) is 0 Å². The highest BCUT2D eigenvalue weighted by Gasteiger charge is 2.23. The third-order valence-electron chi connectivity index (χ3n) is 4.02. The second-order valence-electron chi connectivity index (χ2n) is 5.66. The van der Waals surface area contributed by atoms with E-state index in [-0.39, 0.29) is 12.4 Å². The van der Waals surface area contributed by atoms with E-state index in [1.165, 1.54) is 11.1 Å². The summed E-state index contributed by atoms with van der Waals surface area (Å²) in [5.74, 6) is 1.05. The average molecular weight is 299 g/mol. The number of nitrogens with zero attached hydrogens (tertiary/aromatic N) is 1. The molecular weight excluding hydrogens is 272 g/mol. The molecule has 0 bridgehead atoms. The van der Waals surface area contributed by atoms with Crippen molar-refractivity contribution in [2.75, 3.05) is 26.2 Å². The van der Waals surface area contributed by atoms with Gasteiger partial charge in [-0.2, -0.15) is 0 Å². The van der Waals surface area contributed by atoms with Gasteiger partial charge in [-0.15, -0.1) is 12.4 Å². The molecule has 0 aliphatic carbocycles. The van der Waals surface area contributed by atoms with Crippen LogP contribution < -0.4 is 10.1 Å². The Morgan fingerprint density at radius 1 is 1.15 bits per heavy atom. The molecule has 2 atom stereocenters. The molecule has 1 aliphatic heterocycles. The van der Waals surface area contributed by atoms with E-state index in [1.54, 1.807) is 0 Å². The van der Waals surface area contributed by atoms with Crippen LogP contribution in [0, 0.1) is 13.8 Å². The van der Waals surface area contributed by atoms with E-state index < -0.39 is 0 Å². The number of ether oxygens (including phenoxy) is 1. The average Bonchev–Trinajstić information content (AvgIpc) is 2.36. The zero-order chi connectivity index (χ0) is 13.8. The van der Waals surface area contributed by atoms with Gasteiger partial charge in [0.1, 0.15) is 12.4 Å². The van der Waals surface area contributed by atoms with Gasteiger partial charge in [-0.3, -0.25) is 4.90 Å². The minimum atomic E-state index is 0. The normalized spacial score (nSPS) is 23.2. The maximum atomic E-state index is 6.00. The van der Waals surface area contributed by atoms with Gasteiger partial charge in [0.25, 0.3) is 0 Å². The first kappa shape index (κ1) is 17.3. The van der Waals surface area contributed by atoms with E-state index in [1.807, 2.05) is 0 Å². The van der Waals surface area contributed by atoms with Crippen molar-refractivity contribution in [1.82, 2.24) is 10.2 Å². The summed E-state index contributed by atoms with van der Waals surface area (Å²) in [6, 6.07) is 7.48. The van der Waals surface area contributed by atoms with E-state index in [0.717, 1.165) is 32.0 Å². The molecule has 1 saturated heterocycles. The molecule has 1 N–H and O–H groups in total. The summed E-state index contributed by atoms with van der Waals surface area (Å²) in [4.78, 5) is 2.53. The molecule has 3 nitrogen and oxygen atoms in total. The lowest BCUT2D eigenvalue weighted by Gasteiger charge is -2.39. The number of halogens is 1. The number of aryl methyl sites for hydroxylation is 2. The Kier molecular flexibility index (Phi) is 6.80. The van der Waals surface area contributed by atoms with Crippen molar-refractivity contribution in [2.45, 2.75) is 39.8 Å². The summed E-state index contributed by atoms with van der Waals surface area (Å²) in [7, 11) is 0. The summed E-state index contributed by atoms with van der Waals surface area (Å²) in [5.41, 5.74) is 2.45. The number of hydrogen-bond acceptors (Lipinski definition) is 3. The first-order valence-corrected chi connectivity index (χ1v) is 7.25. The van der Waals surface area contributed by atoms with Crippen molar-refractivity contribution in [3.8, 4) is 5.75 Å². The third kappa shape index (κ3) is 4.11. The quantitative estimate of drug-likeness (QED) is 0.925. The maximum absolute atomic E-state index is 6.00. The Bertz CT molecular complexity index is 395. The van der Waals surface area contributed by atoms with Gasteiger partial charge in [0.2, 0.25) is 0 Å². The Balaban J connectivity index is 0.00000200. The van der Waals surface area contributed by atoms with E-state index in [2.05, 4.69) is 56.1 Å². The number of para-hydroxylation sites is 1. The maximum Gasteiger partial charge on any atom is 0.125 e. The van der Waals surface area contributed by atoms with E-state index >= 15 is 0 Å². The molecule has 1 aromatic carbocycles. The molecule has 0 saturated carbocycles. The molecular formula is C16H27ClN2O. The first-order valence-electron chi connectivity index (χ1n) is 7.25. The lowest BCUT2D eigenvalue weighted by molar-refractivity contribution is 0.0963. The van der Waals surface area contributed by atoms with Crippen LogP contribution in [0.4, 0.5) is 0 Å². The monoisotopic (exact) mass is 298 g/mol. The van der Waals surface area contributed by atoms with E-state index in [9.17, 15) is 0 Å². The van der Waals surface area contributed by atoms with Crippen LogP contribution in [-0.4, -0.2) is 43.2 Å². The number of benzene rings is 1. The summed E-state index contributed by atoms with van der Waals surface area (Å²) in [5, 5.41) is 3.46. The van der Waals surface area contributed by atoms with Crippen molar-refractivity contribution in [1.29, 1.82) is 0 Å². The highest BCUT2D eigenvalue weighted by molar-refractivity contribution is 5.85.